The normalized spacial score (nSPS) is 17.4. The maximum absolute atomic E-state index is 14.1. The first-order valence-corrected chi connectivity index (χ1v) is 28.6. The number of rotatable bonds is 30. The maximum atomic E-state index is 14.1. The van der Waals surface area contributed by atoms with E-state index < -0.39 is 132 Å². The predicted molar refractivity (Wildman–Crippen MR) is 318 cm³/mol. The number of aromatic hydroxyl groups is 1. The number of nitrogens with two attached hydrogens (primary N) is 3. The molecule has 1 saturated heterocycles. The van der Waals surface area contributed by atoms with Gasteiger partial charge in [-0.1, -0.05) is 73.5 Å². The molecule has 1 aliphatic heterocycles. The molecule has 12 amide bonds. The molecule has 88 heavy (non-hydrogen) atoms. The fraction of sp³-hybridized carbons (Fsp3) is 0.448. The molecule has 2 fully saturated rings. The van der Waals surface area contributed by atoms with E-state index in [1.807, 2.05) is 24.3 Å². The SMILES string of the molecule is CN=C(N)NCCC[C@H](NC(=O)[C@H](CC1CC1)NC(=O)NNC(=O)[C@H](Cc1ccccc1)NC(=O)[C@@H](NC(=O)[C@H](CC(N)=O)NC(=O)[C@@H]1C[C@@H](O)CN1C(=O)[C@@H](Cc1ccc(O)cc1)NC(C)=O)[C@@H](C)O)C(=O)N[C@@H](Cc1c[nH]c2ccccc12)C(N)=O. The van der Waals surface area contributed by atoms with E-state index in [0.717, 1.165) is 35.6 Å². The Bertz CT molecular complexity index is 3180. The lowest BCUT2D eigenvalue weighted by atomic mass is 10.0. The van der Waals surface area contributed by atoms with Crippen LogP contribution in [-0.2, 0) is 67.2 Å². The number of H-pyrrole nitrogens is 1. The third-order valence-corrected chi connectivity index (χ3v) is 14.7. The van der Waals surface area contributed by atoms with Crippen LogP contribution in [0.25, 0.3) is 10.9 Å². The highest BCUT2D eigenvalue weighted by Crippen LogP contribution is 2.33. The van der Waals surface area contributed by atoms with Crippen LogP contribution >= 0.6 is 0 Å². The average Bonchev–Trinajstić information content (AvgIpc) is 2.49. The minimum Gasteiger partial charge on any atom is -0.508 e. The van der Waals surface area contributed by atoms with Gasteiger partial charge >= 0.3 is 6.03 Å². The molecule has 474 valence electrons. The maximum Gasteiger partial charge on any atom is 0.334 e. The molecule has 1 aliphatic carbocycles. The topological polar surface area (TPSA) is 478 Å². The van der Waals surface area contributed by atoms with Gasteiger partial charge in [-0.25, -0.2) is 10.2 Å². The van der Waals surface area contributed by atoms with Crippen LogP contribution in [0.3, 0.4) is 0 Å². The molecule has 1 saturated carbocycles. The molecular formula is C58H78N16O14. The molecule has 6 rings (SSSR count). The fourth-order valence-corrected chi connectivity index (χ4v) is 9.95. The summed E-state index contributed by atoms with van der Waals surface area (Å²) in [6, 6.07) is 8.63. The Labute approximate surface area is 506 Å². The number of aromatic amines is 1. The van der Waals surface area contributed by atoms with Gasteiger partial charge in [-0.05, 0) is 67.0 Å². The molecule has 20 N–H and O–H groups in total. The quantitative estimate of drug-likeness (QED) is 0.0104. The molecule has 3 aromatic carbocycles. The largest absolute Gasteiger partial charge is 0.508 e. The van der Waals surface area contributed by atoms with Crippen LogP contribution in [0.1, 0.15) is 75.5 Å². The number of amides is 12. The van der Waals surface area contributed by atoms with Gasteiger partial charge in [0.25, 0.3) is 5.91 Å². The van der Waals surface area contributed by atoms with Gasteiger partial charge in [-0.3, -0.25) is 58.4 Å². The van der Waals surface area contributed by atoms with Gasteiger partial charge in [-0.2, -0.15) is 0 Å². The number of aliphatic hydroxyl groups is 2. The molecular weight excluding hydrogens is 1140 g/mol. The van der Waals surface area contributed by atoms with Crippen molar-refractivity contribution in [1.29, 1.82) is 0 Å². The van der Waals surface area contributed by atoms with Gasteiger partial charge in [0, 0.05) is 69.8 Å². The second-order valence-corrected chi connectivity index (χ2v) is 21.8. The van der Waals surface area contributed by atoms with Gasteiger partial charge in [0.1, 0.15) is 54.1 Å². The smallest absolute Gasteiger partial charge is 0.334 e. The lowest BCUT2D eigenvalue weighted by Gasteiger charge is -2.30. The predicted octanol–water partition coefficient (Wildman–Crippen LogP) is -3.65. The lowest BCUT2D eigenvalue weighted by molar-refractivity contribution is -0.142. The number of hydrazine groups is 1. The van der Waals surface area contributed by atoms with Gasteiger partial charge < -0.3 is 84.9 Å². The monoisotopic (exact) mass is 1220 g/mol. The number of urea groups is 1. The van der Waals surface area contributed by atoms with E-state index in [0.29, 0.717) is 16.7 Å². The third kappa shape index (κ3) is 20.4. The number of phenolic OH excluding ortho intramolecular Hbond substituents is 1. The van der Waals surface area contributed by atoms with Crippen molar-refractivity contribution in [1.82, 2.24) is 63.3 Å². The lowest BCUT2D eigenvalue weighted by Crippen LogP contribution is -2.62. The zero-order chi connectivity index (χ0) is 64.2. The zero-order valence-electron chi connectivity index (χ0n) is 48.9. The molecule has 2 aliphatic rings. The Morgan fingerprint density at radius 1 is 0.682 bits per heavy atom. The van der Waals surface area contributed by atoms with Crippen molar-refractivity contribution in [3.8, 4) is 5.75 Å². The highest BCUT2D eigenvalue weighted by Gasteiger charge is 2.43. The number of benzene rings is 3. The Hall–Kier alpha value is -9.84. The number of aromatic nitrogens is 1. The minimum atomic E-state index is -1.89. The van der Waals surface area contributed by atoms with E-state index in [9.17, 15) is 68.1 Å². The van der Waals surface area contributed by atoms with Crippen LogP contribution in [0.5, 0.6) is 5.75 Å². The van der Waals surface area contributed by atoms with Crippen molar-refractivity contribution in [2.24, 2.45) is 28.1 Å². The number of hydrogen-bond donors (Lipinski definition) is 17. The van der Waals surface area contributed by atoms with Crippen molar-refractivity contribution in [3.63, 3.8) is 0 Å². The van der Waals surface area contributed by atoms with Gasteiger partial charge in [0.05, 0.1) is 18.6 Å². The Kier molecular flexibility index (Phi) is 24.5. The number of primary amides is 2. The second-order valence-electron chi connectivity index (χ2n) is 21.8. The summed E-state index contributed by atoms with van der Waals surface area (Å²) in [7, 11) is 1.48. The summed E-state index contributed by atoms with van der Waals surface area (Å²) < 4.78 is 0. The van der Waals surface area contributed by atoms with Crippen LogP contribution in [-0.4, -0.2) is 177 Å². The van der Waals surface area contributed by atoms with E-state index >= 15 is 0 Å². The van der Waals surface area contributed by atoms with Gasteiger partial charge in [-0.15, -0.1) is 0 Å². The summed E-state index contributed by atoms with van der Waals surface area (Å²) in [5.74, 6) is -9.11. The molecule has 30 nitrogen and oxygen atoms in total. The number of guanidine groups is 1. The van der Waals surface area contributed by atoms with E-state index in [-0.39, 0.29) is 75.7 Å². The van der Waals surface area contributed by atoms with E-state index in [1.54, 1.807) is 36.5 Å². The number of hydrogen-bond acceptors (Lipinski definition) is 15. The number of carbonyl (C=O) groups excluding carboxylic acids is 11. The molecule has 0 radical (unpaired) electrons. The molecule has 10 atom stereocenters. The Morgan fingerprint density at radius 3 is 1.95 bits per heavy atom. The van der Waals surface area contributed by atoms with Crippen molar-refractivity contribution >= 4 is 82.0 Å². The van der Waals surface area contributed by atoms with Crippen molar-refractivity contribution in [2.75, 3.05) is 20.1 Å². The molecule has 30 heteroatoms. The van der Waals surface area contributed by atoms with E-state index in [4.69, 9.17) is 17.2 Å². The molecule has 0 bridgehead atoms. The first-order valence-electron chi connectivity index (χ1n) is 28.6. The zero-order valence-corrected chi connectivity index (χ0v) is 48.9. The first kappa shape index (κ1) is 67.3. The Balaban J connectivity index is 1.12. The molecule has 2 heterocycles. The Morgan fingerprint density at radius 2 is 1.31 bits per heavy atom. The summed E-state index contributed by atoms with van der Waals surface area (Å²) in [5, 5.41) is 52.6. The number of carbonyl (C=O) groups is 11. The van der Waals surface area contributed by atoms with Gasteiger partial charge in [0.2, 0.25) is 53.2 Å². The summed E-state index contributed by atoms with van der Waals surface area (Å²) in [4.78, 5) is 157. The van der Waals surface area contributed by atoms with E-state index in [1.165, 1.54) is 38.2 Å². The third-order valence-electron chi connectivity index (χ3n) is 14.7. The number of nitrogens with one attached hydrogen (secondary N) is 11. The second kappa shape index (κ2) is 32.1. The van der Waals surface area contributed by atoms with Gasteiger partial charge in [0.15, 0.2) is 5.96 Å². The number of β-amino-alcohol motifs (C(OH)–C–C–N with tert-alkyl or cyclic N) is 1. The number of fused-ring (bicyclic) bond motifs is 1. The number of aliphatic imine (C=N–C) groups is 1. The number of aliphatic hydroxyl groups excluding tert-OH is 2. The van der Waals surface area contributed by atoms with Crippen LogP contribution in [0.4, 0.5) is 4.79 Å². The molecule has 4 aromatic rings. The number of likely N-dealkylation sites (tertiary alicyclic amines) is 1. The minimum absolute atomic E-state index is 0.0191. The van der Waals surface area contributed by atoms with Crippen LogP contribution in [0.15, 0.2) is 90.1 Å². The van der Waals surface area contributed by atoms with Crippen LogP contribution in [0, 0.1) is 5.92 Å². The highest BCUT2D eigenvalue weighted by atomic mass is 16.3. The summed E-state index contributed by atoms with van der Waals surface area (Å²) in [5.41, 5.74) is 24.0. The summed E-state index contributed by atoms with van der Waals surface area (Å²) >= 11 is 0. The number of nitrogens with zero attached hydrogens (tertiary/aromatic N) is 2. The molecule has 0 unspecified atom stereocenters. The number of phenols is 1. The van der Waals surface area contributed by atoms with Crippen molar-refractivity contribution < 1.29 is 68.1 Å². The summed E-state index contributed by atoms with van der Waals surface area (Å²) in [6.07, 6.45) is -0.801. The number of para-hydroxylation sites is 1. The van der Waals surface area contributed by atoms with Crippen molar-refractivity contribution in [3.05, 3.63) is 102 Å². The van der Waals surface area contributed by atoms with E-state index in [2.05, 4.69) is 63.4 Å². The molecule has 0 spiro atoms. The highest BCUT2D eigenvalue weighted by molar-refractivity contribution is 5.99. The standard InChI is InChI=1S/C58H78N16O14/c1-30(75)48(71-52(83)44(27-47(59)79)68-54(85)46-26-37(78)29-74(46)56(87)45(65-31(2)76)24-34-17-19-36(77)20-18-34)55(86)69-43(22-32-10-5-4-6-11-32)53(84)72-73-58(88)70-42(23-33-15-16-33)51(82)66-40(14-9-21-63-57(61)62-3)50(81)67-41(49(60)80)25-35-28-64-39-13-8-7-12-38(35)39/h4-8,10-13,17-20,28,30,33,37,40-46,48,64,75,77-78H,9,14-16,21-27,29H2,1-3H3,(H2,59,79)(H2,60,80)(H,65,76)(H,66,82)(H,67,81)(H,68,85)(H,69,86)(H,71,83)(H,72,84)(H3,61,62,63)(H2,70,73,88)/t30-,37-,40+,41+,42+,43+,44+,45-,46+,48+/m1/s1. The van der Waals surface area contributed by atoms with Crippen molar-refractivity contribution in [2.45, 2.75) is 139 Å². The average molecular weight is 1220 g/mol. The first-order chi connectivity index (χ1) is 41.9. The van der Waals surface area contributed by atoms with Crippen LogP contribution < -0.4 is 70.6 Å². The van der Waals surface area contributed by atoms with Crippen LogP contribution in [0.2, 0.25) is 0 Å². The summed E-state index contributed by atoms with van der Waals surface area (Å²) in [6.45, 7) is 2.18. The fourth-order valence-electron chi connectivity index (χ4n) is 9.95. The molecule has 1 aromatic heterocycles.